The van der Waals surface area contributed by atoms with Crippen molar-refractivity contribution in [3.63, 3.8) is 0 Å². The third-order valence-corrected chi connectivity index (χ3v) is 1.37. The van der Waals surface area contributed by atoms with Crippen molar-refractivity contribution in [2.75, 3.05) is 11.1 Å². The van der Waals surface area contributed by atoms with Gasteiger partial charge in [-0.1, -0.05) is 27.8 Å². The molecule has 0 aliphatic rings. The first-order valence-electron chi connectivity index (χ1n) is 3.09. The third kappa shape index (κ3) is 2.60. The van der Waals surface area contributed by atoms with Gasteiger partial charge in [-0.25, -0.2) is 4.98 Å². The molecule has 1 heterocycles. The molecule has 0 aromatic carbocycles. The summed E-state index contributed by atoms with van der Waals surface area (Å²) in [6.45, 7) is 0. The SMILES string of the molecule is Nc1ccc(C#CCBr)cn1. The highest BCUT2D eigenvalue weighted by Gasteiger charge is 1.85. The molecule has 0 unspecified atom stereocenters. The molecular formula is C8H7BrN2. The number of hydrogen-bond acceptors (Lipinski definition) is 2. The summed E-state index contributed by atoms with van der Waals surface area (Å²) >= 11 is 3.20. The number of nitrogens with zero attached hydrogens (tertiary/aromatic N) is 1. The number of hydrogen-bond donors (Lipinski definition) is 1. The zero-order chi connectivity index (χ0) is 8.10. The summed E-state index contributed by atoms with van der Waals surface area (Å²) in [4.78, 5) is 3.89. The maximum Gasteiger partial charge on any atom is 0.123 e. The number of pyridine rings is 1. The van der Waals surface area contributed by atoms with Gasteiger partial charge in [-0.15, -0.1) is 0 Å². The molecule has 0 spiro atoms. The van der Waals surface area contributed by atoms with Crippen LogP contribution in [0, 0.1) is 11.8 Å². The van der Waals surface area contributed by atoms with Crippen LogP contribution < -0.4 is 5.73 Å². The monoisotopic (exact) mass is 210 g/mol. The lowest BCUT2D eigenvalue weighted by molar-refractivity contribution is 1.32. The fraction of sp³-hybridized carbons (Fsp3) is 0.125. The Morgan fingerprint density at radius 3 is 2.91 bits per heavy atom. The van der Waals surface area contributed by atoms with Crippen molar-refractivity contribution in [3.8, 4) is 11.8 Å². The van der Waals surface area contributed by atoms with Gasteiger partial charge >= 0.3 is 0 Å². The van der Waals surface area contributed by atoms with Gasteiger partial charge in [0.05, 0.1) is 5.33 Å². The highest BCUT2D eigenvalue weighted by molar-refractivity contribution is 9.09. The summed E-state index contributed by atoms with van der Waals surface area (Å²) in [7, 11) is 0. The van der Waals surface area contributed by atoms with E-state index in [1.54, 1.807) is 12.3 Å². The molecule has 3 heteroatoms. The van der Waals surface area contributed by atoms with Gasteiger partial charge in [0, 0.05) is 11.8 Å². The Morgan fingerprint density at radius 1 is 1.55 bits per heavy atom. The lowest BCUT2D eigenvalue weighted by atomic mass is 10.3. The predicted molar refractivity (Wildman–Crippen MR) is 49.3 cm³/mol. The van der Waals surface area contributed by atoms with Crippen LogP contribution in [-0.2, 0) is 0 Å². The van der Waals surface area contributed by atoms with E-state index >= 15 is 0 Å². The summed E-state index contributed by atoms with van der Waals surface area (Å²) in [6, 6.07) is 3.58. The summed E-state index contributed by atoms with van der Waals surface area (Å²) < 4.78 is 0. The van der Waals surface area contributed by atoms with E-state index in [2.05, 4.69) is 32.8 Å². The molecule has 2 N–H and O–H groups in total. The van der Waals surface area contributed by atoms with Gasteiger partial charge in [0.15, 0.2) is 0 Å². The molecule has 0 aliphatic carbocycles. The van der Waals surface area contributed by atoms with Gasteiger partial charge in [0.2, 0.25) is 0 Å². The second-order valence-corrected chi connectivity index (χ2v) is 2.47. The average Bonchev–Trinajstić information content (AvgIpc) is 2.04. The summed E-state index contributed by atoms with van der Waals surface area (Å²) in [5, 5.41) is 0.678. The Balaban J connectivity index is 2.82. The molecule has 0 bridgehead atoms. The van der Waals surface area contributed by atoms with Crippen LogP contribution in [0.1, 0.15) is 5.56 Å². The van der Waals surface area contributed by atoms with Crippen LogP contribution in [0.2, 0.25) is 0 Å². The average molecular weight is 211 g/mol. The van der Waals surface area contributed by atoms with E-state index in [0.29, 0.717) is 11.1 Å². The number of halogens is 1. The molecule has 1 rings (SSSR count). The van der Waals surface area contributed by atoms with Crippen molar-refractivity contribution in [2.24, 2.45) is 0 Å². The number of aromatic nitrogens is 1. The molecule has 0 radical (unpaired) electrons. The topological polar surface area (TPSA) is 38.9 Å². The largest absolute Gasteiger partial charge is 0.384 e. The van der Waals surface area contributed by atoms with E-state index in [4.69, 9.17) is 5.73 Å². The molecule has 1 aromatic heterocycles. The Kier molecular flexibility index (Phi) is 2.94. The first-order valence-corrected chi connectivity index (χ1v) is 4.21. The minimum atomic E-state index is 0.523. The third-order valence-electron chi connectivity index (χ3n) is 1.09. The minimum Gasteiger partial charge on any atom is -0.384 e. The molecule has 2 nitrogen and oxygen atoms in total. The fourth-order valence-electron chi connectivity index (χ4n) is 0.615. The highest BCUT2D eigenvalue weighted by Crippen LogP contribution is 1.98. The van der Waals surface area contributed by atoms with Crippen molar-refractivity contribution in [3.05, 3.63) is 23.9 Å². The second kappa shape index (κ2) is 3.99. The van der Waals surface area contributed by atoms with Crippen LogP contribution in [0.25, 0.3) is 0 Å². The number of alkyl halides is 1. The molecule has 0 saturated heterocycles. The van der Waals surface area contributed by atoms with Crippen molar-refractivity contribution >= 4 is 21.7 Å². The fourth-order valence-corrected chi connectivity index (χ4v) is 0.755. The van der Waals surface area contributed by atoms with Crippen LogP contribution in [-0.4, -0.2) is 10.3 Å². The number of rotatable bonds is 0. The van der Waals surface area contributed by atoms with Gasteiger partial charge in [0.1, 0.15) is 5.82 Å². The first kappa shape index (κ1) is 8.09. The van der Waals surface area contributed by atoms with Gasteiger partial charge in [-0.2, -0.15) is 0 Å². The van der Waals surface area contributed by atoms with Crippen LogP contribution >= 0.6 is 15.9 Å². The Bertz CT molecular complexity index is 281. The van der Waals surface area contributed by atoms with Crippen LogP contribution in [0.5, 0.6) is 0 Å². The summed E-state index contributed by atoms with van der Waals surface area (Å²) in [5.74, 6) is 6.30. The van der Waals surface area contributed by atoms with Crippen LogP contribution in [0.3, 0.4) is 0 Å². The molecule has 1 aromatic rings. The van der Waals surface area contributed by atoms with Crippen molar-refractivity contribution in [1.82, 2.24) is 4.98 Å². The summed E-state index contributed by atoms with van der Waals surface area (Å²) in [6.07, 6.45) is 1.66. The Labute approximate surface area is 74.0 Å². The quantitative estimate of drug-likeness (QED) is 0.520. The van der Waals surface area contributed by atoms with Gasteiger partial charge in [-0.3, -0.25) is 0 Å². The minimum absolute atomic E-state index is 0.523. The normalized spacial score (nSPS) is 8.45. The first-order chi connectivity index (χ1) is 5.33. The van der Waals surface area contributed by atoms with Gasteiger partial charge in [-0.05, 0) is 12.1 Å². The van der Waals surface area contributed by atoms with E-state index in [9.17, 15) is 0 Å². The van der Waals surface area contributed by atoms with E-state index in [1.807, 2.05) is 6.07 Å². The Hall–Kier alpha value is -1.01. The van der Waals surface area contributed by atoms with Crippen molar-refractivity contribution in [2.45, 2.75) is 0 Å². The highest BCUT2D eigenvalue weighted by atomic mass is 79.9. The van der Waals surface area contributed by atoms with Gasteiger partial charge < -0.3 is 5.73 Å². The predicted octanol–water partition coefficient (Wildman–Crippen LogP) is 1.41. The molecule has 0 amide bonds. The van der Waals surface area contributed by atoms with Crippen LogP contribution in [0.15, 0.2) is 18.3 Å². The van der Waals surface area contributed by atoms with Crippen molar-refractivity contribution in [1.29, 1.82) is 0 Å². The zero-order valence-corrected chi connectivity index (χ0v) is 7.43. The van der Waals surface area contributed by atoms with Crippen LogP contribution in [0.4, 0.5) is 5.82 Å². The number of anilines is 1. The maximum absolute atomic E-state index is 5.39. The van der Waals surface area contributed by atoms with E-state index in [0.717, 1.165) is 5.56 Å². The molecule has 0 aliphatic heterocycles. The lowest BCUT2D eigenvalue weighted by Crippen LogP contribution is -1.88. The van der Waals surface area contributed by atoms with E-state index in [-0.39, 0.29) is 0 Å². The lowest BCUT2D eigenvalue weighted by Gasteiger charge is -1.89. The second-order valence-electron chi connectivity index (χ2n) is 1.91. The molecular weight excluding hydrogens is 204 g/mol. The Morgan fingerprint density at radius 2 is 2.36 bits per heavy atom. The molecule has 11 heavy (non-hydrogen) atoms. The molecule has 0 saturated carbocycles. The molecule has 56 valence electrons. The van der Waals surface area contributed by atoms with E-state index in [1.165, 1.54) is 0 Å². The smallest absolute Gasteiger partial charge is 0.123 e. The van der Waals surface area contributed by atoms with Crippen molar-refractivity contribution < 1.29 is 0 Å². The summed E-state index contributed by atoms with van der Waals surface area (Å²) in [5.41, 5.74) is 6.27. The molecule has 0 fully saturated rings. The zero-order valence-electron chi connectivity index (χ0n) is 5.84. The number of nitrogens with two attached hydrogens (primary N) is 1. The van der Waals surface area contributed by atoms with Gasteiger partial charge in [0.25, 0.3) is 0 Å². The number of nitrogen functional groups attached to an aromatic ring is 1. The van der Waals surface area contributed by atoms with E-state index < -0.39 is 0 Å². The maximum atomic E-state index is 5.39. The standard InChI is InChI=1S/C8H7BrN2/c9-5-1-2-7-3-4-8(10)11-6-7/h3-4,6H,5H2,(H2,10,11). The molecule has 0 atom stereocenters.